The van der Waals surface area contributed by atoms with E-state index in [0.717, 1.165) is 17.0 Å². The number of anilines is 2. The average Bonchev–Trinajstić information content (AvgIpc) is 3.20. The van der Waals surface area contributed by atoms with Crippen molar-refractivity contribution in [2.45, 2.75) is 25.9 Å². The highest BCUT2D eigenvalue weighted by Crippen LogP contribution is 2.34. The molecule has 10 nitrogen and oxygen atoms in total. The van der Waals surface area contributed by atoms with Gasteiger partial charge in [-0.3, -0.25) is 19.4 Å². The molecule has 3 aromatic carbocycles. The van der Waals surface area contributed by atoms with Crippen LogP contribution < -0.4 is 20.7 Å². The number of hydrogen-bond acceptors (Lipinski definition) is 7. The lowest BCUT2D eigenvalue weighted by molar-refractivity contribution is -0.129. The van der Waals surface area contributed by atoms with Crippen molar-refractivity contribution in [1.82, 2.24) is 15.6 Å². The first kappa shape index (κ1) is 27.5. The first-order valence-corrected chi connectivity index (χ1v) is 12.7. The number of para-hydroxylation sites is 1. The van der Waals surface area contributed by atoms with Crippen LogP contribution in [0.5, 0.6) is 0 Å². The van der Waals surface area contributed by atoms with Gasteiger partial charge < -0.3 is 15.7 Å². The molecule has 1 heterocycles. The zero-order valence-corrected chi connectivity index (χ0v) is 22.2. The summed E-state index contributed by atoms with van der Waals surface area (Å²) in [5.41, 5.74) is 0.440. The fraction of sp³-hybridized carbons (Fsp3) is 0.241. The normalized spacial score (nSPS) is 16.7. The average molecular weight is 529 g/mol. The smallest absolute Gasteiger partial charge is 0.303 e. The molecular weight excluding hydrogens is 496 g/mol. The summed E-state index contributed by atoms with van der Waals surface area (Å²) in [6.45, 7) is 3.22. The van der Waals surface area contributed by atoms with Gasteiger partial charge in [0.15, 0.2) is 5.84 Å². The quantitative estimate of drug-likeness (QED) is 0.290. The van der Waals surface area contributed by atoms with Crippen LogP contribution in [0.4, 0.5) is 11.4 Å². The summed E-state index contributed by atoms with van der Waals surface area (Å²) >= 11 is 0. The predicted octanol–water partition coefficient (Wildman–Crippen LogP) is 2.52. The molecular formula is C29H32N6O4. The predicted molar refractivity (Wildman–Crippen MR) is 150 cm³/mol. The minimum absolute atomic E-state index is 0.0928. The number of benzene rings is 3. The largest absolute Gasteiger partial charge is 0.395 e. The topological polar surface area (TPSA) is 118 Å². The molecule has 0 spiro atoms. The Hall–Kier alpha value is -4.54. The van der Waals surface area contributed by atoms with Crippen LogP contribution >= 0.6 is 0 Å². The second-order valence-electron chi connectivity index (χ2n) is 9.05. The first-order chi connectivity index (χ1) is 18.8. The van der Waals surface area contributed by atoms with E-state index in [1.165, 1.54) is 6.92 Å². The van der Waals surface area contributed by atoms with Gasteiger partial charge in [0.1, 0.15) is 0 Å². The van der Waals surface area contributed by atoms with Crippen molar-refractivity contribution in [2.75, 3.05) is 30.2 Å². The minimum atomic E-state index is -1.98. The molecule has 1 atom stereocenters. The van der Waals surface area contributed by atoms with E-state index < -0.39 is 23.4 Å². The summed E-state index contributed by atoms with van der Waals surface area (Å²) in [6.07, 6.45) is 0.810. The number of likely N-dealkylation sites (N-methyl/N-ethyl adjacent to an activating group) is 1. The van der Waals surface area contributed by atoms with Crippen molar-refractivity contribution in [3.8, 4) is 0 Å². The summed E-state index contributed by atoms with van der Waals surface area (Å²) in [5.74, 6) is -1.73. The number of carbonyl (C=O) groups excluding carboxylic acids is 3. The third-order valence-electron chi connectivity index (χ3n) is 6.34. The lowest BCUT2D eigenvalue weighted by Gasteiger charge is -2.45. The second-order valence-corrected chi connectivity index (χ2v) is 9.05. The van der Waals surface area contributed by atoms with Crippen LogP contribution in [0.2, 0.25) is 0 Å². The standard InChI is InChI=1S/C29H32N6O4/c1-4-22-15-17-25(18-16-22)35(33(3)19-20-36)29(31-21(2)37)27(30-26(38)23-11-7-5-8-12-23)32-34(28(29)39)24-13-9-6-10-14-24/h5-18,36H,4,19-20H2,1-3H3,(H,31,37)(H,30,32,38). The molecule has 0 aliphatic carbocycles. The van der Waals surface area contributed by atoms with Crippen LogP contribution in [0.3, 0.4) is 0 Å². The molecule has 10 heteroatoms. The number of aliphatic hydroxyl groups is 1. The number of carbonyl (C=O) groups is 3. The van der Waals surface area contributed by atoms with Gasteiger partial charge in [0.2, 0.25) is 5.91 Å². The molecule has 1 aliphatic rings. The minimum Gasteiger partial charge on any atom is -0.395 e. The van der Waals surface area contributed by atoms with E-state index in [1.54, 1.807) is 71.7 Å². The number of nitrogens with zero attached hydrogens (tertiary/aromatic N) is 4. The van der Waals surface area contributed by atoms with E-state index in [9.17, 15) is 19.5 Å². The zero-order valence-electron chi connectivity index (χ0n) is 22.2. The SMILES string of the molecule is CCc1ccc(N(N(C)CCO)C2(NC(C)=O)C(=O)N(c3ccccc3)N=C2NC(=O)c2ccccc2)cc1. The molecule has 0 fully saturated rings. The van der Waals surface area contributed by atoms with Crippen molar-refractivity contribution in [2.24, 2.45) is 5.10 Å². The van der Waals surface area contributed by atoms with Crippen LogP contribution in [-0.4, -0.2) is 59.5 Å². The Morgan fingerprint density at radius 3 is 2.15 bits per heavy atom. The van der Waals surface area contributed by atoms with Crippen molar-refractivity contribution in [3.05, 3.63) is 96.1 Å². The number of rotatable bonds is 9. The lowest BCUT2D eigenvalue weighted by atomic mass is 10.0. The molecule has 0 aromatic heterocycles. The van der Waals surface area contributed by atoms with E-state index in [0.29, 0.717) is 16.9 Å². The van der Waals surface area contributed by atoms with Gasteiger partial charge >= 0.3 is 5.91 Å². The third-order valence-corrected chi connectivity index (χ3v) is 6.34. The van der Waals surface area contributed by atoms with Crippen LogP contribution in [0.15, 0.2) is 90.0 Å². The van der Waals surface area contributed by atoms with E-state index in [1.807, 2.05) is 37.3 Å². The molecule has 3 aromatic rings. The van der Waals surface area contributed by atoms with Crippen molar-refractivity contribution in [1.29, 1.82) is 0 Å². The Bertz CT molecular complexity index is 1350. The van der Waals surface area contributed by atoms with Crippen LogP contribution in [0, 0.1) is 0 Å². The number of aliphatic hydroxyl groups excluding tert-OH is 1. The Morgan fingerprint density at radius 2 is 1.59 bits per heavy atom. The number of amidine groups is 1. The van der Waals surface area contributed by atoms with Crippen LogP contribution in [-0.2, 0) is 16.0 Å². The molecule has 1 aliphatic heterocycles. The van der Waals surface area contributed by atoms with E-state index in [2.05, 4.69) is 15.7 Å². The number of amides is 3. The Kier molecular flexibility index (Phi) is 8.38. The molecule has 202 valence electrons. The van der Waals surface area contributed by atoms with Crippen LogP contribution in [0.1, 0.15) is 29.8 Å². The summed E-state index contributed by atoms with van der Waals surface area (Å²) in [7, 11) is 1.68. The molecule has 3 amide bonds. The van der Waals surface area contributed by atoms with Gasteiger partial charge in [-0.05, 0) is 48.4 Å². The first-order valence-electron chi connectivity index (χ1n) is 12.7. The maximum absolute atomic E-state index is 14.5. The Labute approximate surface area is 227 Å². The number of aryl methyl sites for hydroxylation is 1. The number of hydrogen-bond donors (Lipinski definition) is 3. The number of nitrogens with one attached hydrogen (secondary N) is 2. The van der Waals surface area contributed by atoms with E-state index in [-0.39, 0.29) is 19.0 Å². The molecule has 3 N–H and O–H groups in total. The van der Waals surface area contributed by atoms with E-state index >= 15 is 0 Å². The highest BCUT2D eigenvalue weighted by Gasteiger charge is 2.59. The van der Waals surface area contributed by atoms with Crippen molar-refractivity contribution in [3.63, 3.8) is 0 Å². The fourth-order valence-corrected chi connectivity index (χ4v) is 4.48. The van der Waals surface area contributed by atoms with Gasteiger partial charge in [-0.1, -0.05) is 55.5 Å². The third kappa shape index (κ3) is 5.52. The molecule has 4 rings (SSSR count). The summed E-state index contributed by atoms with van der Waals surface area (Å²) < 4.78 is 0. The van der Waals surface area contributed by atoms with Gasteiger partial charge in [-0.2, -0.15) is 5.01 Å². The summed E-state index contributed by atoms with van der Waals surface area (Å²) in [5, 5.41) is 24.3. The second kappa shape index (κ2) is 11.9. The van der Waals surface area contributed by atoms with Gasteiger partial charge in [0.25, 0.3) is 11.6 Å². The van der Waals surface area contributed by atoms with E-state index in [4.69, 9.17) is 0 Å². The van der Waals surface area contributed by atoms with Crippen LogP contribution in [0.25, 0.3) is 0 Å². The Balaban J connectivity index is 1.93. The molecule has 0 bridgehead atoms. The van der Waals surface area contributed by atoms with Crippen molar-refractivity contribution < 1.29 is 19.5 Å². The number of hydrazine groups is 1. The van der Waals surface area contributed by atoms with Gasteiger partial charge in [-0.15, -0.1) is 5.10 Å². The van der Waals surface area contributed by atoms with Crippen molar-refractivity contribution >= 4 is 34.9 Å². The monoisotopic (exact) mass is 528 g/mol. The maximum Gasteiger partial charge on any atom is 0.303 e. The van der Waals surface area contributed by atoms with Gasteiger partial charge in [0.05, 0.1) is 18.0 Å². The summed E-state index contributed by atoms with van der Waals surface area (Å²) in [6, 6.07) is 24.8. The number of hydrazone groups is 1. The molecule has 0 saturated heterocycles. The van der Waals surface area contributed by atoms with Gasteiger partial charge in [-0.25, -0.2) is 5.01 Å². The maximum atomic E-state index is 14.5. The Morgan fingerprint density at radius 1 is 0.974 bits per heavy atom. The summed E-state index contributed by atoms with van der Waals surface area (Å²) in [4.78, 5) is 40.6. The fourth-order valence-electron chi connectivity index (χ4n) is 4.48. The highest BCUT2D eigenvalue weighted by atomic mass is 16.3. The molecule has 0 radical (unpaired) electrons. The highest BCUT2D eigenvalue weighted by molar-refractivity contribution is 6.28. The lowest BCUT2D eigenvalue weighted by Crippen LogP contribution is -2.75. The molecule has 1 unspecified atom stereocenters. The zero-order chi connectivity index (χ0) is 28.0. The molecule has 39 heavy (non-hydrogen) atoms. The molecule has 0 saturated carbocycles. The van der Waals surface area contributed by atoms with Gasteiger partial charge in [0, 0.05) is 26.1 Å².